The van der Waals surface area contributed by atoms with Crippen LogP contribution >= 0.6 is 0 Å². The largest absolute Gasteiger partial charge is 0.445 e. The van der Waals surface area contributed by atoms with Gasteiger partial charge in [0.25, 0.3) is 5.91 Å². The quantitative estimate of drug-likeness (QED) is 0.207. The Balaban J connectivity index is 1.54. The van der Waals surface area contributed by atoms with Crippen LogP contribution < -0.4 is 20.9 Å². The average molecular weight is 734 g/mol. The van der Waals surface area contributed by atoms with E-state index in [1.54, 1.807) is 13.0 Å². The molecule has 0 saturated carbocycles. The van der Waals surface area contributed by atoms with E-state index in [1.807, 2.05) is 33.3 Å². The highest BCUT2D eigenvalue weighted by molar-refractivity contribution is 7.91. The van der Waals surface area contributed by atoms with Crippen molar-refractivity contribution < 1.29 is 41.0 Å². The van der Waals surface area contributed by atoms with Gasteiger partial charge in [0, 0.05) is 76.4 Å². The van der Waals surface area contributed by atoms with Crippen molar-refractivity contribution in [2.75, 3.05) is 89.3 Å². The molecule has 0 bridgehead atoms. The molecular formula is C34H45F2N7O7S. The lowest BCUT2D eigenvalue weighted by atomic mass is 10.1. The van der Waals surface area contributed by atoms with E-state index in [0.717, 1.165) is 36.3 Å². The molecule has 1 unspecified atom stereocenters. The zero-order valence-corrected chi connectivity index (χ0v) is 30.0. The van der Waals surface area contributed by atoms with E-state index >= 15 is 0 Å². The van der Waals surface area contributed by atoms with E-state index in [0.29, 0.717) is 43.7 Å². The lowest BCUT2D eigenvalue weighted by molar-refractivity contribution is 0.0777. The third kappa shape index (κ3) is 9.20. The molecule has 3 aromatic rings. The number of ether oxygens (including phenoxy) is 3. The Morgan fingerprint density at radius 1 is 1.06 bits per heavy atom. The minimum atomic E-state index is -4.54. The van der Waals surface area contributed by atoms with E-state index in [1.165, 1.54) is 0 Å². The summed E-state index contributed by atoms with van der Waals surface area (Å²) in [6, 6.07) is 7.41. The topological polar surface area (TPSA) is 156 Å². The summed E-state index contributed by atoms with van der Waals surface area (Å²) in [7, 11) is 1.40. The number of hydrogen-bond donors (Lipinski definition) is 3. The maximum atomic E-state index is 14.2. The Bertz CT molecular complexity index is 1800. The third-order valence-electron chi connectivity index (χ3n) is 8.66. The zero-order valence-electron chi connectivity index (χ0n) is 29.2. The number of halogens is 2. The van der Waals surface area contributed by atoms with Crippen molar-refractivity contribution in [3.63, 3.8) is 0 Å². The van der Waals surface area contributed by atoms with Crippen LogP contribution in [-0.2, 0) is 30.5 Å². The number of amides is 1. The van der Waals surface area contributed by atoms with E-state index < -0.39 is 43.7 Å². The summed E-state index contributed by atoms with van der Waals surface area (Å²) >= 11 is 0. The Hall–Kier alpha value is -4.16. The first-order valence-electron chi connectivity index (χ1n) is 16.8. The van der Waals surface area contributed by atoms with Crippen LogP contribution in [0.2, 0.25) is 0 Å². The van der Waals surface area contributed by atoms with Gasteiger partial charge in [-0.3, -0.25) is 10.1 Å². The molecule has 1 amide bonds. The number of hydrogen-bond acceptors (Lipinski definition) is 12. The number of carbonyl (C=O) groups excluding carboxylic acids is 2. The molecule has 2 aliphatic rings. The summed E-state index contributed by atoms with van der Waals surface area (Å²) in [5.41, 5.74) is 1.80. The molecule has 0 spiro atoms. The van der Waals surface area contributed by atoms with E-state index in [-0.39, 0.29) is 54.9 Å². The Kier molecular flexibility index (Phi) is 12.6. The second-order valence-corrected chi connectivity index (χ2v) is 14.6. The summed E-state index contributed by atoms with van der Waals surface area (Å²) in [5, 5.41) is 11.8. The maximum Gasteiger partial charge on any atom is 0.435 e. The second-order valence-electron chi connectivity index (χ2n) is 12.6. The van der Waals surface area contributed by atoms with Crippen LogP contribution in [0.15, 0.2) is 41.3 Å². The van der Waals surface area contributed by atoms with Crippen LogP contribution in [0.4, 0.5) is 30.8 Å². The van der Waals surface area contributed by atoms with Gasteiger partial charge >= 0.3 is 6.09 Å². The minimum Gasteiger partial charge on any atom is -0.445 e. The maximum absolute atomic E-state index is 14.2. The monoisotopic (exact) mass is 733 g/mol. The van der Waals surface area contributed by atoms with Crippen LogP contribution in [-0.4, -0.2) is 115 Å². The normalized spacial score (nSPS) is 16.5. The van der Waals surface area contributed by atoms with Gasteiger partial charge in [-0.2, -0.15) is 4.68 Å². The lowest BCUT2D eigenvalue weighted by Crippen LogP contribution is -2.36. The van der Waals surface area contributed by atoms with Gasteiger partial charge in [-0.1, -0.05) is 0 Å². The number of fused-ring (bicyclic) bond motifs is 1. The molecule has 2 aromatic carbocycles. The van der Waals surface area contributed by atoms with Crippen molar-refractivity contribution in [3.8, 4) is 0 Å². The van der Waals surface area contributed by atoms with Gasteiger partial charge in [0.05, 0.1) is 28.3 Å². The molecule has 0 aliphatic carbocycles. The summed E-state index contributed by atoms with van der Waals surface area (Å²) in [6.07, 6.45) is 0.689. The number of nitrogens with one attached hydrogen (secondary N) is 3. The van der Waals surface area contributed by atoms with Gasteiger partial charge in [-0.15, -0.1) is 5.10 Å². The number of sulfone groups is 1. The van der Waals surface area contributed by atoms with E-state index in [9.17, 15) is 26.8 Å². The van der Waals surface area contributed by atoms with Crippen LogP contribution in [0.25, 0.3) is 0 Å². The molecule has 0 radical (unpaired) electrons. The molecule has 1 aromatic heterocycles. The van der Waals surface area contributed by atoms with Crippen LogP contribution in [0.1, 0.15) is 46.8 Å². The number of benzene rings is 2. The highest BCUT2D eigenvalue weighted by atomic mass is 32.2. The molecule has 51 heavy (non-hydrogen) atoms. The molecule has 1 saturated heterocycles. The molecule has 5 rings (SSSR count). The highest BCUT2D eigenvalue weighted by Crippen LogP contribution is 2.38. The summed E-state index contributed by atoms with van der Waals surface area (Å²) in [4.78, 5) is 30.9. The highest BCUT2D eigenvalue weighted by Gasteiger charge is 2.40. The standard InChI is InChI=1S/C34H45F2N7O7S/c1-5-48-16-17-50-34(45)43-29-8-11-37-33(51(46,47)26-19-22(35)18-23(36)20-26)30(29)31(40-43)39-32(44)27-7-6-25(42(4)13-12-41(2)3)21-28(27)38-24-9-14-49-15-10-24/h6-7,18-21,24,33,37-38H,5,8-17H2,1-4H3,(H,39,40,44). The van der Waals surface area contributed by atoms with Crippen molar-refractivity contribution in [1.82, 2.24) is 20.0 Å². The number of rotatable bonds is 14. The molecule has 17 heteroatoms. The second kappa shape index (κ2) is 16.9. The van der Waals surface area contributed by atoms with Crippen LogP contribution in [0.3, 0.4) is 0 Å². The van der Waals surface area contributed by atoms with Gasteiger partial charge in [0.15, 0.2) is 15.7 Å². The SMILES string of the molecule is CCOCCOC(=O)n1nc(NC(=O)c2ccc(N(C)CCN(C)C)cc2NC2CCOCC2)c2c1CCNC2S(=O)(=O)c1cc(F)cc(F)c1. The number of aromatic nitrogens is 2. The minimum absolute atomic E-state index is 0.0384. The molecule has 3 N–H and O–H groups in total. The van der Waals surface area contributed by atoms with Gasteiger partial charge in [-0.05, 0) is 64.2 Å². The first-order valence-corrected chi connectivity index (χ1v) is 18.4. The predicted molar refractivity (Wildman–Crippen MR) is 187 cm³/mol. The number of nitrogens with zero attached hydrogens (tertiary/aromatic N) is 4. The van der Waals surface area contributed by atoms with Gasteiger partial charge in [0.2, 0.25) is 0 Å². The summed E-state index contributed by atoms with van der Waals surface area (Å²) in [6.45, 7) is 5.00. The number of carbonyl (C=O) groups is 2. The molecular weight excluding hydrogens is 688 g/mol. The third-order valence-corrected chi connectivity index (χ3v) is 10.6. The fourth-order valence-corrected chi connectivity index (χ4v) is 7.66. The number of likely N-dealkylation sites (N-methyl/N-ethyl adjacent to an activating group) is 2. The molecule has 1 atom stereocenters. The van der Waals surface area contributed by atoms with Crippen molar-refractivity contribution >= 4 is 39.0 Å². The number of anilines is 3. The average Bonchev–Trinajstić information content (AvgIpc) is 3.47. The fourth-order valence-electron chi connectivity index (χ4n) is 5.94. The van der Waals surface area contributed by atoms with Crippen LogP contribution in [0.5, 0.6) is 0 Å². The molecule has 1 fully saturated rings. The molecule has 2 aliphatic heterocycles. The van der Waals surface area contributed by atoms with Crippen molar-refractivity contribution in [2.24, 2.45) is 0 Å². The van der Waals surface area contributed by atoms with Gasteiger partial charge in [-0.25, -0.2) is 22.0 Å². The van der Waals surface area contributed by atoms with Crippen molar-refractivity contribution in [3.05, 3.63) is 64.9 Å². The fraction of sp³-hybridized carbons (Fsp3) is 0.500. The summed E-state index contributed by atoms with van der Waals surface area (Å²) in [5.74, 6) is -3.00. The Morgan fingerprint density at radius 2 is 1.78 bits per heavy atom. The van der Waals surface area contributed by atoms with E-state index in [4.69, 9.17) is 14.2 Å². The van der Waals surface area contributed by atoms with Crippen molar-refractivity contribution in [2.45, 2.75) is 42.5 Å². The molecule has 278 valence electrons. The zero-order chi connectivity index (χ0) is 36.7. The predicted octanol–water partition coefficient (Wildman–Crippen LogP) is 3.64. The smallest absolute Gasteiger partial charge is 0.435 e. The summed E-state index contributed by atoms with van der Waals surface area (Å²) < 4.78 is 73.4. The molecule has 3 heterocycles. The first-order chi connectivity index (χ1) is 24.4. The van der Waals surface area contributed by atoms with Gasteiger partial charge < -0.3 is 34.6 Å². The van der Waals surface area contributed by atoms with Crippen molar-refractivity contribution in [1.29, 1.82) is 0 Å². The van der Waals surface area contributed by atoms with E-state index in [2.05, 4.69) is 30.8 Å². The molecule has 14 nitrogen and oxygen atoms in total. The Labute approximate surface area is 296 Å². The Morgan fingerprint density at radius 3 is 2.47 bits per heavy atom. The van der Waals surface area contributed by atoms with Gasteiger partial charge in [0.1, 0.15) is 23.6 Å². The first kappa shape index (κ1) is 38.1. The van der Waals surface area contributed by atoms with Crippen LogP contribution in [0, 0.1) is 11.6 Å². The lowest BCUT2D eigenvalue weighted by Gasteiger charge is -2.27.